The molecule has 1 aliphatic carbocycles. The number of carbonyl (C=O) groups is 2. The maximum absolute atomic E-state index is 12.4. The van der Waals surface area contributed by atoms with Crippen molar-refractivity contribution >= 4 is 39.8 Å². The van der Waals surface area contributed by atoms with Crippen molar-refractivity contribution in [2.24, 2.45) is 5.92 Å². The van der Waals surface area contributed by atoms with Crippen molar-refractivity contribution < 1.29 is 14.3 Å². The second-order valence-corrected chi connectivity index (χ2v) is 7.06. The smallest absolute Gasteiger partial charge is 0.341 e. The molecule has 4 nitrogen and oxygen atoms in total. The Morgan fingerprint density at radius 2 is 2.19 bits per heavy atom. The average molecular weight is 330 g/mol. The number of carbonyl (C=O) groups excluding carboxylic acids is 2. The summed E-state index contributed by atoms with van der Waals surface area (Å²) in [7, 11) is 0. The molecule has 6 heteroatoms. The molecule has 1 unspecified atom stereocenters. The maximum Gasteiger partial charge on any atom is 0.341 e. The Hall–Kier alpha value is -1.07. The van der Waals surface area contributed by atoms with Crippen LogP contribution in [-0.4, -0.2) is 23.9 Å². The van der Waals surface area contributed by atoms with Gasteiger partial charge in [-0.25, -0.2) is 4.79 Å². The molecule has 0 saturated heterocycles. The highest BCUT2D eigenvalue weighted by molar-refractivity contribution is 7.17. The van der Waals surface area contributed by atoms with Gasteiger partial charge in [0.05, 0.1) is 11.7 Å². The molecule has 116 valence electrons. The molecule has 1 atom stereocenters. The fourth-order valence-corrected chi connectivity index (χ4v) is 3.97. The van der Waals surface area contributed by atoms with Gasteiger partial charge in [-0.2, -0.15) is 0 Å². The molecule has 1 heterocycles. The van der Waals surface area contributed by atoms with Crippen molar-refractivity contribution in [1.29, 1.82) is 0 Å². The van der Waals surface area contributed by atoms with E-state index in [1.54, 1.807) is 0 Å². The number of alkyl halides is 1. The molecule has 1 N–H and O–H groups in total. The Morgan fingerprint density at radius 3 is 2.81 bits per heavy atom. The number of hydrogen-bond acceptors (Lipinski definition) is 4. The second kappa shape index (κ2) is 6.79. The minimum atomic E-state index is -0.359. The summed E-state index contributed by atoms with van der Waals surface area (Å²) in [6.07, 6.45) is 2.66. The number of hydrogen-bond donors (Lipinski definition) is 1. The van der Waals surface area contributed by atoms with Crippen molar-refractivity contribution in [3.63, 3.8) is 0 Å². The van der Waals surface area contributed by atoms with E-state index in [0.717, 1.165) is 24.8 Å². The lowest BCUT2D eigenvalue weighted by Gasteiger charge is -2.18. The summed E-state index contributed by atoms with van der Waals surface area (Å²) in [6.45, 7) is 5.83. The fourth-order valence-electron chi connectivity index (χ4n) is 2.49. The van der Waals surface area contributed by atoms with Gasteiger partial charge in [-0.15, -0.1) is 22.9 Å². The molecule has 0 bridgehead atoms. The summed E-state index contributed by atoms with van der Waals surface area (Å²) >= 11 is 7.02. The Morgan fingerprint density at radius 1 is 1.48 bits per heavy atom. The predicted molar refractivity (Wildman–Crippen MR) is 85.4 cm³/mol. The summed E-state index contributed by atoms with van der Waals surface area (Å²) in [5.74, 6) is -0.192. The number of nitrogens with one attached hydrogen (secondary N) is 1. The van der Waals surface area contributed by atoms with E-state index in [1.807, 2.05) is 13.8 Å². The zero-order chi connectivity index (χ0) is 15.6. The number of rotatable bonds is 4. The van der Waals surface area contributed by atoms with Crippen molar-refractivity contribution in [3.8, 4) is 0 Å². The lowest BCUT2D eigenvalue weighted by atomic mass is 9.88. The molecule has 1 amide bonds. The summed E-state index contributed by atoms with van der Waals surface area (Å²) in [6, 6.07) is 0. The van der Waals surface area contributed by atoms with Crippen LogP contribution in [0.1, 0.15) is 48.0 Å². The van der Waals surface area contributed by atoms with Crippen LogP contribution in [0.5, 0.6) is 0 Å². The van der Waals surface area contributed by atoms with Crippen LogP contribution in [0.3, 0.4) is 0 Å². The van der Waals surface area contributed by atoms with E-state index >= 15 is 0 Å². The first-order valence-electron chi connectivity index (χ1n) is 7.13. The van der Waals surface area contributed by atoms with E-state index in [2.05, 4.69) is 12.2 Å². The summed E-state index contributed by atoms with van der Waals surface area (Å²) in [5.41, 5.74) is 1.56. The standard InChI is InChI=1S/C15H20ClNO3S/c1-8(2)20-15(19)13-10-5-4-9(3)6-11(10)21-14(13)17-12(18)7-16/h8-9H,4-7H2,1-3H3,(H,17,18). The topological polar surface area (TPSA) is 55.4 Å². The van der Waals surface area contributed by atoms with Gasteiger partial charge in [-0.05, 0) is 44.6 Å². The molecule has 0 aliphatic heterocycles. The van der Waals surface area contributed by atoms with Crippen LogP contribution in [0.4, 0.5) is 5.00 Å². The van der Waals surface area contributed by atoms with E-state index in [0.29, 0.717) is 16.5 Å². The highest BCUT2D eigenvalue weighted by atomic mass is 35.5. The van der Waals surface area contributed by atoms with Crippen LogP contribution in [0.15, 0.2) is 0 Å². The normalized spacial score (nSPS) is 17.5. The molecular weight excluding hydrogens is 310 g/mol. The third kappa shape index (κ3) is 3.77. The molecule has 0 fully saturated rings. The van der Waals surface area contributed by atoms with Gasteiger partial charge in [0.1, 0.15) is 10.9 Å². The summed E-state index contributed by atoms with van der Waals surface area (Å²) in [4.78, 5) is 25.1. The van der Waals surface area contributed by atoms with E-state index in [1.165, 1.54) is 16.2 Å². The largest absolute Gasteiger partial charge is 0.459 e. The van der Waals surface area contributed by atoms with E-state index in [4.69, 9.17) is 16.3 Å². The van der Waals surface area contributed by atoms with E-state index in [9.17, 15) is 9.59 Å². The van der Waals surface area contributed by atoms with Gasteiger partial charge < -0.3 is 10.1 Å². The molecule has 0 saturated carbocycles. The Kier molecular flexibility index (Phi) is 5.27. The molecule has 1 aromatic rings. The van der Waals surface area contributed by atoms with Crippen LogP contribution in [0.25, 0.3) is 0 Å². The minimum absolute atomic E-state index is 0.127. The lowest BCUT2D eigenvalue weighted by molar-refractivity contribution is -0.113. The third-order valence-corrected chi connectivity index (χ3v) is 4.85. The van der Waals surface area contributed by atoms with Crippen molar-refractivity contribution in [2.75, 3.05) is 11.2 Å². The maximum atomic E-state index is 12.4. The number of thiophene rings is 1. The lowest BCUT2D eigenvalue weighted by Crippen LogP contribution is -2.19. The number of halogens is 1. The van der Waals surface area contributed by atoms with E-state index < -0.39 is 0 Å². The van der Waals surface area contributed by atoms with Crippen LogP contribution >= 0.6 is 22.9 Å². The Labute approximate surface area is 133 Å². The van der Waals surface area contributed by atoms with Crippen LogP contribution in [0, 0.1) is 5.92 Å². The van der Waals surface area contributed by atoms with Crippen molar-refractivity contribution in [2.45, 2.75) is 46.1 Å². The van der Waals surface area contributed by atoms with E-state index in [-0.39, 0.29) is 23.9 Å². The Bertz CT molecular complexity index is 553. The first kappa shape index (κ1) is 16.3. The third-order valence-electron chi connectivity index (χ3n) is 3.43. The van der Waals surface area contributed by atoms with Gasteiger partial charge in [0.2, 0.25) is 5.91 Å². The average Bonchev–Trinajstić information content (AvgIpc) is 2.74. The highest BCUT2D eigenvalue weighted by Gasteiger charge is 2.29. The zero-order valence-corrected chi connectivity index (χ0v) is 14.1. The number of anilines is 1. The fraction of sp³-hybridized carbons (Fsp3) is 0.600. The first-order valence-corrected chi connectivity index (χ1v) is 8.48. The number of esters is 1. The predicted octanol–water partition coefficient (Wildman–Crippen LogP) is 3.62. The quantitative estimate of drug-likeness (QED) is 0.678. The highest BCUT2D eigenvalue weighted by Crippen LogP contribution is 2.40. The van der Waals surface area contributed by atoms with Gasteiger partial charge in [0.15, 0.2) is 0 Å². The molecule has 1 aromatic heterocycles. The second-order valence-electron chi connectivity index (χ2n) is 5.69. The SMILES string of the molecule is CC1CCc2c(sc(NC(=O)CCl)c2C(=O)OC(C)C)C1. The Balaban J connectivity index is 2.38. The van der Waals surface area contributed by atoms with Gasteiger partial charge in [-0.1, -0.05) is 6.92 Å². The van der Waals surface area contributed by atoms with Gasteiger partial charge in [-0.3, -0.25) is 4.79 Å². The number of amides is 1. The van der Waals surface area contributed by atoms with Crippen LogP contribution in [0.2, 0.25) is 0 Å². The molecular formula is C15H20ClNO3S. The monoisotopic (exact) mass is 329 g/mol. The zero-order valence-electron chi connectivity index (χ0n) is 12.5. The molecule has 0 spiro atoms. The molecule has 2 rings (SSSR count). The molecule has 21 heavy (non-hydrogen) atoms. The molecule has 0 radical (unpaired) electrons. The van der Waals surface area contributed by atoms with Crippen molar-refractivity contribution in [1.82, 2.24) is 0 Å². The summed E-state index contributed by atoms with van der Waals surface area (Å²) in [5, 5.41) is 3.31. The number of ether oxygens (including phenoxy) is 1. The molecule has 0 aromatic carbocycles. The van der Waals surface area contributed by atoms with Crippen LogP contribution < -0.4 is 5.32 Å². The van der Waals surface area contributed by atoms with Gasteiger partial charge in [0, 0.05) is 4.88 Å². The van der Waals surface area contributed by atoms with Crippen LogP contribution in [-0.2, 0) is 22.4 Å². The molecule has 1 aliphatic rings. The minimum Gasteiger partial charge on any atom is -0.459 e. The van der Waals surface area contributed by atoms with Crippen molar-refractivity contribution in [3.05, 3.63) is 16.0 Å². The number of fused-ring (bicyclic) bond motifs is 1. The summed E-state index contributed by atoms with van der Waals surface area (Å²) < 4.78 is 5.33. The van der Waals surface area contributed by atoms with Gasteiger partial charge in [0.25, 0.3) is 0 Å². The first-order chi connectivity index (χ1) is 9.92. The van der Waals surface area contributed by atoms with Gasteiger partial charge >= 0.3 is 5.97 Å².